The van der Waals surface area contributed by atoms with Gasteiger partial charge in [0.05, 0.1) is 10.9 Å². The van der Waals surface area contributed by atoms with Gasteiger partial charge in [0.2, 0.25) is 5.91 Å². The smallest absolute Gasteiger partial charge is 0.237 e. The first kappa shape index (κ1) is 20.1. The molecule has 0 aliphatic rings. The number of nitrogens with one attached hydrogen (secondary N) is 1. The summed E-state index contributed by atoms with van der Waals surface area (Å²) < 4.78 is 0. The van der Waals surface area contributed by atoms with E-state index in [9.17, 15) is 14.7 Å². The molecule has 0 saturated carbocycles. The van der Waals surface area contributed by atoms with Crippen molar-refractivity contribution >= 4 is 51.2 Å². The summed E-state index contributed by atoms with van der Waals surface area (Å²) in [4.78, 5) is 34.3. The zero-order valence-electron chi connectivity index (χ0n) is 15.9. The predicted molar refractivity (Wildman–Crippen MR) is 120 cm³/mol. The van der Waals surface area contributed by atoms with Crippen LogP contribution in [0.25, 0.3) is 20.7 Å². The number of phenolic OH excluding ortho intramolecular Hbond substituents is 1. The number of anilines is 1. The Kier molecular flexibility index (Phi) is 5.78. The Balaban J connectivity index is 1.55. The van der Waals surface area contributed by atoms with Crippen molar-refractivity contribution in [3.05, 3.63) is 66.5 Å². The number of rotatable bonds is 6. The zero-order valence-corrected chi connectivity index (χ0v) is 17.5. The molecule has 1 atom stereocenters. The van der Waals surface area contributed by atoms with Gasteiger partial charge < -0.3 is 10.4 Å². The lowest BCUT2D eigenvalue weighted by atomic mass is 10.2. The average molecular weight is 436 g/mol. The van der Waals surface area contributed by atoms with E-state index in [1.54, 1.807) is 18.3 Å². The maximum absolute atomic E-state index is 12.7. The van der Waals surface area contributed by atoms with Crippen LogP contribution in [-0.2, 0) is 4.79 Å². The van der Waals surface area contributed by atoms with Crippen LogP contribution < -0.4 is 5.32 Å². The van der Waals surface area contributed by atoms with Gasteiger partial charge in [-0.3, -0.25) is 9.59 Å². The number of benzene rings is 2. The number of hydrogen-bond donors (Lipinski definition) is 2. The van der Waals surface area contributed by atoms with Crippen molar-refractivity contribution in [2.75, 3.05) is 5.32 Å². The number of nitrogens with zero attached hydrogens (tertiary/aromatic N) is 2. The van der Waals surface area contributed by atoms with Gasteiger partial charge >= 0.3 is 0 Å². The van der Waals surface area contributed by atoms with E-state index in [0.717, 1.165) is 20.7 Å². The number of carbonyl (C=O) groups is 2. The molecule has 0 bridgehead atoms. The molecule has 0 aliphatic heterocycles. The lowest BCUT2D eigenvalue weighted by Gasteiger charge is -2.13. The van der Waals surface area contributed by atoms with Gasteiger partial charge in [-0.15, -0.1) is 11.3 Å². The first-order chi connectivity index (χ1) is 14.5. The summed E-state index contributed by atoms with van der Waals surface area (Å²) in [6.07, 6.45) is 2.16. The van der Waals surface area contributed by atoms with Gasteiger partial charge in [0.25, 0.3) is 0 Å². The van der Waals surface area contributed by atoms with E-state index in [4.69, 9.17) is 0 Å². The molecule has 0 fully saturated rings. The fraction of sp³-hybridized carbons (Fsp3) is 0.0909. The second-order valence-corrected chi connectivity index (χ2v) is 8.88. The second-order valence-electron chi connectivity index (χ2n) is 6.52. The molecule has 30 heavy (non-hydrogen) atoms. The van der Waals surface area contributed by atoms with E-state index in [2.05, 4.69) is 15.3 Å². The molecule has 0 spiro atoms. The molecule has 2 aromatic heterocycles. The largest absolute Gasteiger partial charge is 0.506 e. The fourth-order valence-corrected chi connectivity index (χ4v) is 4.82. The Morgan fingerprint density at radius 1 is 1.17 bits per heavy atom. The van der Waals surface area contributed by atoms with E-state index in [0.29, 0.717) is 16.9 Å². The molecule has 2 aromatic carbocycles. The molecule has 0 radical (unpaired) electrons. The van der Waals surface area contributed by atoms with Crippen LogP contribution in [0.5, 0.6) is 5.75 Å². The van der Waals surface area contributed by atoms with Crippen molar-refractivity contribution in [3.8, 4) is 16.2 Å². The van der Waals surface area contributed by atoms with Crippen molar-refractivity contribution in [3.63, 3.8) is 0 Å². The molecule has 2 heterocycles. The molecule has 4 rings (SSSR count). The van der Waals surface area contributed by atoms with E-state index >= 15 is 0 Å². The predicted octanol–water partition coefficient (Wildman–Crippen LogP) is 5.00. The summed E-state index contributed by atoms with van der Waals surface area (Å²) in [6, 6.07) is 16.4. The molecular formula is C22H17N3O3S2. The van der Waals surface area contributed by atoms with Gasteiger partial charge in [-0.25, -0.2) is 9.97 Å². The first-order valence-electron chi connectivity index (χ1n) is 9.11. The summed E-state index contributed by atoms with van der Waals surface area (Å²) in [7, 11) is 0. The number of carbonyl (C=O) groups excluding carboxylic acids is 2. The van der Waals surface area contributed by atoms with Crippen LogP contribution in [0.3, 0.4) is 0 Å². The molecule has 1 unspecified atom stereocenters. The quantitative estimate of drug-likeness (QED) is 0.192. The van der Waals surface area contributed by atoms with Crippen molar-refractivity contribution in [1.29, 1.82) is 0 Å². The fourth-order valence-electron chi connectivity index (χ4n) is 2.85. The highest BCUT2D eigenvalue weighted by Crippen LogP contribution is 2.37. The molecule has 2 N–H and O–H groups in total. The van der Waals surface area contributed by atoms with Crippen LogP contribution in [0.15, 0.2) is 66.0 Å². The minimum Gasteiger partial charge on any atom is -0.506 e. The second kappa shape index (κ2) is 8.64. The van der Waals surface area contributed by atoms with Crippen molar-refractivity contribution < 1.29 is 14.7 Å². The Morgan fingerprint density at radius 3 is 2.73 bits per heavy atom. The number of aldehydes is 1. The Bertz CT molecular complexity index is 1230. The van der Waals surface area contributed by atoms with Crippen molar-refractivity contribution in [2.24, 2.45) is 0 Å². The van der Waals surface area contributed by atoms with E-state index in [-0.39, 0.29) is 17.3 Å². The standard InChI is InChI=1S/C22H17N3O3S2/c1-13(20(28)25-17-9-14(11-26)7-8-18(17)27)29-21-16-10-19(15-5-3-2-4-6-15)30-22(16)24-12-23-21/h2-13,27H,1H3,(H,25,28). The van der Waals surface area contributed by atoms with Crippen LogP contribution in [-0.4, -0.2) is 32.5 Å². The SMILES string of the molecule is CC(Sc1ncnc2sc(-c3ccccc3)cc12)C(=O)Nc1cc(C=O)ccc1O. The van der Waals surface area contributed by atoms with E-state index in [1.165, 1.54) is 36.3 Å². The minimum atomic E-state index is -0.484. The first-order valence-corrected chi connectivity index (χ1v) is 10.8. The lowest BCUT2D eigenvalue weighted by molar-refractivity contribution is -0.115. The summed E-state index contributed by atoms with van der Waals surface area (Å²) in [5.41, 5.74) is 1.67. The highest BCUT2D eigenvalue weighted by atomic mass is 32.2. The summed E-state index contributed by atoms with van der Waals surface area (Å²) >= 11 is 2.89. The number of phenols is 1. The molecule has 1 amide bonds. The monoisotopic (exact) mass is 435 g/mol. The van der Waals surface area contributed by atoms with Gasteiger partial charge in [-0.05, 0) is 36.8 Å². The normalized spacial score (nSPS) is 11.9. The van der Waals surface area contributed by atoms with Gasteiger partial charge in [0, 0.05) is 15.8 Å². The molecule has 8 heteroatoms. The molecule has 6 nitrogen and oxygen atoms in total. The van der Waals surface area contributed by atoms with Crippen LogP contribution in [0.2, 0.25) is 0 Å². The summed E-state index contributed by atoms with van der Waals surface area (Å²) in [5, 5.41) is 13.8. The van der Waals surface area contributed by atoms with Gasteiger partial charge in [0.15, 0.2) is 0 Å². The summed E-state index contributed by atoms with van der Waals surface area (Å²) in [6.45, 7) is 1.76. The average Bonchev–Trinajstić information content (AvgIpc) is 3.21. The van der Waals surface area contributed by atoms with E-state index < -0.39 is 5.25 Å². The number of thiophene rings is 1. The third-order valence-electron chi connectivity index (χ3n) is 4.42. The Hall–Kier alpha value is -3.23. The number of aromatic nitrogens is 2. The number of hydrogen-bond acceptors (Lipinski definition) is 7. The molecule has 150 valence electrons. The topological polar surface area (TPSA) is 92.2 Å². The molecular weight excluding hydrogens is 418 g/mol. The van der Waals surface area contributed by atoms with Crippen molar-refractivity contribution in [2.45, 2.75) is 17.2 Å². The van der Waals surface area contributed by atoms with Crippen molar-refractivity contribution in [1.82, 2.24) is 9.97 Å². The van der Waals surface area contributed by atoms with Crippen LogP contribution in [0.4, 0.5) is 5.69 Å². The van der Waals surface area contributed by atoms with Crippen LogP contribution >= 0.6 is 23.1 Å². The highest BCUT2D eigenvalue weighted by molar-refractivity contribution is 8.00. The minimum absolute atomic E-state index is 0.0964. The molecule has 4 aromatic rings. The number of amides is 1. The highest BCUT2D eigenvalue weighted by Gasteiger charge is 2.19. The van der Waals surface area contributed by atoms with E-state index in [1.807, 2.05) is 36.4 Å². The van der Waals surface area contributed by atoms with Gasteiger partial charge in [-0.1, -0.05) is 42.1 Å². The Labute approximate surface area is 181 Å². The third-order valence-corrected chi connectivity index (χ3v) is 6.63. The number of aromatic hydroxyl groups is 1. The van der Waals surface area contributed by atoms with Gasteiger partial charge in [0.1, 0.15) is 28.2 Å². The number of fused-ring (bicyclic) bond motifs is 1. The lowest BCUT2D eigenvalue weighted by Crippen LogP contribution is -2.22. The molecule has 0 aliphatic carbocycles. The van der Waals surface area contributed by atoms with Gasteiger partial charge in [-0.2, -0.15) is 0 Å². The van der Waals surface area contributed by atoms with Crippen LogP contribution in [0.1, 0.15) is 17.3 Å². The maximum atomic E-state index is 12.7. The van der Waals surface area contributed by atoms with Crippen LogP contribution in [0, 0.1) is 0 Å². The summed E-state index contributed by atoms with van der Waals surface area (Å²) in [5.74, 6) is -0.399. The maximum Gasteiger partial charge on any atom is 0.237 e. The Morgan fingerprint density at radius 2 is 1.97 bits per heavy atom. The third kappa shape index (κ3) is 4.19. The molecule has 0 saturated heterocycles. The number of thioether (sulfide) groups is 1. The zero-order chi connectivity index (χ0) is 21.1.